The lowest BCUT2D eigenvalue weighted by Crippen LogP contribution is -2.46. The van der Waals surface area contributed by atoms with Crippen LogP contribution < -0.4 is 5.32 Å². The number of nitrogens with zero attached hydrogens (tertiary/aromatic N) is 2. The fourth-order valence-corrected chi connectivity index (χ4v) is 2.74. The van der Waals surface area contributed by atoms with Gasteiger partial charge in [-0.1, -0.05) is 12.1 Å². The quantitative estimate of drug-likeness (QED) is 0.799. The van der Waals surface area contributed by atoms with E-state index in [2.05, 4.69) is 75.9 Å². The predicted octanol–water partition coefficient (Wildman–Crippen LogP) is 2.19. The maximum Gasteiger partial charge on any atom is 0.0292 e. The normalized spacial score (nSPS) is 19.5. The fourth-order valence-electron chi connectivity index (χ4n) is 2.38. The first-order valence-electron chi connectivity index (χ1n) is 7.05. The molecular formula is C15H24IN3. The molecule has 1 aromatic rings. The van der Waals surface area contributed by atoms with E-state index in [1.54, 1.807) is 0 Å². The topological polar surface area (TPSA) is 18.5 Å². The standard InChI is InChI=1S/C15H24IN3/c1-13(14-3-5-15(16)6-4-14)17-7-8-19-11-9-18(2)10-12-19/h3-6,13,17H,7-12H2,1-2H3. The highest BCUT2D eigenvalue weighted by Crippen LogP contribution is 2.14. The Morgan fingerprint density at radius 2 is 1.79 bits per heavy atom. The van der Waals surface area contributed by atoms with Crippen molar-refractivity contribution in [3.8, 4) is 0 Å². The van der Waals surface area contributed by atoms with Gasteiger partial charge in [0.15, 0.2) is 0 Å². The Morgan fingerprint density at radius 3 is 2.42 bits per heavy atom. The van der Waals surface area contributed by atoms with Crippen LogP contribution in [0.15, 0.2) is 24.3 Å². The van der Waals surface area contributed by atoms with Crippen molar-refractivity contribution in [1.82, 2.24) is 15.1 Å². The van der Waals surface area contributed by atoms with Crippen LogP contribution in [0.5, 0.6) is 0 Å². The highest BCUT2D eigenvalue weighted by molar-refractivity contribution is 14.1. The minimum absolute atomic E-state index is 0.435. The van der Waals surface area contributed by atoms with Gasteiger partial charge in [0.25, 0.3) is 0 Å². The highest BCUT2D eigenvalue weighted by Gasteiger charge is 2.13. The van der Waals surface area contributed by atoms with Crippen LogP contribution in [0.4, 0.5) is 0 Å². The van der Waals surface area contributed by atoms with Crippen LogP contribution in [0.1, 0.15) is 18.5 Å². The third kappa shape index (κ3) is 5.02. The third-order valence-electron chi connectivity index (χ3n) is 3.84. The molecule has 0 saturated carbocycles. The van der Waals surface area contributed by atoms with Gasteiger partial charge in [-0.15, -0.1) is 0 Å². The van der Waals surface area contributed by atoms with E-state index >= 15 is 0 Å². The lowest BCUT2D eigenvalue weighted by atomic mass is 10.1. The van der Waals surface area contributed by atoms with Gasteiger partial charge in [0.2, 0.25) is 0 Å². The molecule has 2 rings (SSSR count). The van der Waals surface area contributed by atoms with Crippen molar-refractivity contribution in [2.24, 2.45) is 0 Å². The Hall–Kier alpha value is -0.170. The van der Waals surface area contributed by atoms with Crippen LogP contribution in [-0.2, 0) is 0 Å². The van der Waals surface area contributed by atoms with Crippen molar-refractivity contribution in [2.45, 2.75) is 13.0 Å². The Labute approximate surface area is 130 Å². The minimum atomic E-state index is 0.435. The Morgan fingerprint density at radius 1 is 1.16 bits per heavy atom. The van der Waals surface area contributed by atoms with Gasteiger partial charge in [-0.3, -0.25) is 4.90 Å². The van der Waals surface area contributed by atoms with Gasteiger partial charge in [0.05, 0.1) is 0 Å². The molecule has 19 heavy (non-hydrogen) atoms. The van der Waals surface area contributed by atoms with Gasteiger partial charge < -0.3 is 10.2 Å². The number of piperazine rings is 1. The molecule has 1 unspecified atom stereocenters. The first-order valence-corrected chi connectivity index (χ1v) is 8.13. The molecule has 1 aromatic carbocycles. The summed E-state index contributed by atoms with van der Waals surface area (Å²) in [7, 11) is 2.20. The molecular weight excluding hydrogens is 349 g/mol. The van der Waals surface area contributed by atoms with E-state index in [0.717, 1.165) is 13.1 Å². The molecule has 1 heterocycles. The molecule has 1 aliphatic heterocycles. The molecule has 106 valence electrons. The van der Waals surface area contributed by atoms with Gasteiger partial charge in [-0.25, -0.2) is 0 Å². The number of hydrogen-bond acceptors (Lipinski definition) is 3. The van der Waals surface area contributed by atoms with E-state index in [9.17, 15) is 0 Å². The minimum Gasteiger partial charge on any atom is -0.309 e. The number of nitrogens with one attached hydrogen (secondary N) is 1. The molecule has 0 bridgehead atoms. The van der Waals surface area contributed by atoms with E-state index in [0.29, 0.717) is 6.04 Å². The summed E-state index contributed by atoms with van der Waals surface area (Å²) in [4.78, 5) is 4.95. The van der Waals surface area contributed by atoms with E-state index in [1.165, 1.54) is 35.3 Å². The molecule has 0 aliphatic carbocycles. The largest absolute Gasteiger partial charge is 0.309 e. The summed E-state index contributed by atoms with van der Waals surface area (Å²) in [6, 6.07) is 9.22. The average molecular weight is 373 g/mol. The molecule has 1 saturated heterocycles. The van der Waals surface area contributed by atoms with E-state index in [4.69, 9.17) is 0 Å². The predicted molar refractivity (Wildman–Crippen MR) is 89.5 cm³/mol. The molecule has 1 fully saturated rings. The van der Waals surface area contributed by atoms with E-state index in [-0.39, 0.29) is 0 Å². The van der Waals surface area contributed by atoms with Crippen LogP contribution in [0.25, 0.3) is 0 Å². The van der Waals surface area contributed by atoms with Crippen LogP contribution in [0.2, 0.25) is 0 Å². The summed E-state index contributed by atoms with van der Waals surface area (Å²) in [5.41, 5.74) is 1.37. The molecule has 4 heteroatoms. The summed E-state index contributed by atoms with van der Waals surface area (Å²) in [5, 5.41) is 3.62. The second-order valence-corrected chi connectivity index (χ2v) is 6.62. The Bertz CT molecular complexity index is 371. The van der Waals surface area contributed by atoms with E-state index in [1.807, 2.05) is 0 Å². The first-order chi connectivity index (χ1) is 9.15. The smallest absolute Gasteiger partial charge is 0.0292 e. The molecule has 0 radical (unpaired) electrons. The van der Waals surface area contributed by atoms with Crippen molar-refractivity contribution >= 4 is 22.6 Å². The Kier molecular flexibility index (Phi) is 6.06. The highest BCUT2D eigenvalue weighted by atomic mass is 127. The molecule has 0 spiro atoms. The first kappa shape index (κ1) is 15.2. The van der Waals surface area contributed by atoms with Crippen LogP contribution >= 0.6 is 22.6 Å². The average Bonchev–Trinajstić information content (AvgIpc) is 2.41. The lowest BCUT2D eigenvalue weighted by molar-refractivity contribution is 0.154. The maximum atomic E-state index is 3.62. The molecule has 1 atom stereocenters. The number of halogens is 1. The second-order valence-electron chi connectivity index (χ2n) is 5.37. The van der Waals surface area contributed by atoms with Gasteiger partial charge >= 0.3 is 0 Å². The summed E-state index contributed by atoms with van der Waals surface area (Å²) in [5.74, 6) is 0. The lowest BCUT2D eigenvalue weighted by Gasteiger charge is -2.32. The zero-order chi connectivity index (χ0) is 13.7. The van der Waals surface area contributed by atoms with Gasteiger partial charge in [-0.05, 0) is 54.3 Å². The van der Waals surface area contributed by atoms with Crippen LogP contribution in [0, 0.1) is 3.57 Å². The van der Waals surface area contributed by atoms with Gasteiger partial charge in [-0.2, -0.15) is 0 Å². The monoisotopic (exact) mass is 373 g/mol. The molecule has 0 amide bonds. The van der Waals surface area contributed by atoms with Gasteiger partial charge in [0, 0.05) is 48.9 Å². The molecule has 1 aliphatic rings. The summed E-state index contributed by atoms with van der Waals surface area (Å²) in [6.07, 6.45) is 0. The SMILES string of the molecule is CC(NCCN1CCN(C)CC1)c1ccc(I)cc1. The van der Waals surface area contributed by atoms with Crippen molar-refractivity contribution in [1.29, 1.82) is 0 Å². The van der Waals surface area contributed by atoms with Crippen LogP contribution in [0.3, 0.4) is 0 Å². The number of likely N-dealkylation sites (N-methyl/N-ethyl adjacent to an activating group) is 1. The second kappa shape index (κ2) is 7.57. The molecule has 0 aromatic heterocycles. The van der Waals surface area contributed by atoms with Crippen molar-refractivity contribution in [3.05, 3.63) is 33.4 Å². The third-order valence-corrected chi connectivity index (χ3v) is 4.56. The van der Waals surface area contributed by atoms with Crippen molar-refractivity contribution in [3.63, 3.8) is 0 Å². The maximum absolute atomic E-state index is 3.62. The zero-order valence-corrected chi connectivity index (χ0v) is 14.1. The van der Waals surface area contributed by atoms with Gasteiger partial charge in [0.1, 0.15) is 0 Å². The summed E-state index contributed by atoms with van der Waals surface area (Å²) in [6.45, 7) is 9.27. The number of rotatable bonds is 5. The summed E-state index contributed by atoms with van der Waals surface area (Å²) < 4.78 is 1.30. The van der Waals surface area contributed by atoms with Crippen molar-refractivity contribution in [2.75, 3.05) is 46.3 Å². The molecule has 3 nitrogen and oxygen atoms in total. The molecule has 1 N–H and O–H groups in total. The summed E-state index contributed by atoms with van der Waals surface area (Å²) >= 11 is 2.35. The zero-order valence-electron chi connectivity index (χ0n) is 11.9. The van der Waals surface area contributed by atoms with Crippen LogP contribution in [-0.4, -0.2) is 56.1 Å². The number of benzene rings is 1. The number of hydrogen-bond donors (Lipinski definition) is 1. The Balaban J connectivity index is 1.69. The van der Waals surface area contributed by atoms with E-state index < -0.39 is 0 Å². The van der Waals surface area contributed by atoms with Crippen molar-refractivity contribution < 1.29 is 0 Å². The fraction of sp³-hybridized carbons (Fsp3) is 0.600.